The minimum Gasteiger partial charge on any atom is -0.480 e. The normalized spacial score (nSPS) is 11.5. The molecule has 0 unspecified atom stereocenters. The van der Waals surface area contributed by atoms with E-state index in [4.69, 9.17) is 9.47 Å². The third kappa shape index (κ3) is 1.29. The van der Waals surface area contributed by atoms with Crippen LogP contribution < -0.4 is 9.47 Å². The highest BCUT2D eigenvalue weighted by atomic mass is 16.5. The molecule has 5 heteroatoms. The Kier molecular flexibility index (Phi) is 2.18. The number of hydrogen-bond donors (Lipinski definition) is 0. The molecule has 0 bridgehead atoms. The van der Waals surface area contributed by atoms with Crippen LogP contribution in [0.25, 0.3) is 32.6 Å². The van der Waals surface area contributed by atoms with Crippen LogP contribution in [0.15, 0.2) is 30.6 Å². The third-order valence-corrected chi connectivity index (χ3v) is 3.56. The Labute approximate surface area is 114 Å². The van der Waals surface area contributed by atoms with E-state index in [2.05, 4.69) is 15.0 Å². The molecule has 4 rings (SSSR count). The van der Waals surface area contributed by atoms with Crippen molar-refractivity contribution in [3.05, 3.63) is 30.6 Å². The number of aromatic nitrogens is 3. The predicted octanol–water partition coefficient (Wildman–Crippen LogP) is 2.79. The van der Waals surface area contributed by atoms with E-state index in [0.717, 1.165) is 32.6 Å². The molecule has 0 spiro atoms. The molecule has 5 nitrogen and oxygen atoms in total. The first-order valence-corrected chi connectivity index (χ1v) is 6.21. The van der Waals surface area contributed by atoms with Crippen LogP contribution in [0.3, 0.4) is 0 Å². The van der Waals surface area contributed by atoms with Crippen molar-refractivity contribution in [3.63, 3.8) is 0 Å². The topological polar surface area (TPSA) is 57.1 Å². The lowest BCUT2D eigenvalue weighted by Gasteiger charge is -2.13. The van der Waals surface area contributed by atoms with Crippen LogP contribution in [-0.2, 0) is 0 Å². The van der Waals surface area contributed by atoms with Gasteiger partial charge in [0.15, 0.2) is 0 Å². The zero-order valence-corrected chi connectivity index (χ0v) is 11.0. The Bertz CT molecular complexity index is 868. The van der Waals surface area contributed by atoms with Gasteiger partial charge in [0.2, 0.25) is 11.8 Å². The van der Waals surface area contributed by atoms with E-state index < -0.39 is 0 Å². The van der Waals surface area contributed by atoms with Gasteiger partial charge in [0.25, 0.3) is 0 Å². The van der Waals surface area contributed by atoms with Crippen LogP contribution in [0, 0.1) is 0 Å². The van der Waals surface area contributed by atoms with Gasteiger partial charge in [-0.1, -0.05) is 0 Å². The van der Waals surface area contributed by atoms with Crippen LogP contribution in [0.4, 0.5) is 0 Å². The summed E-state index contributed by atoms with van der Waals surface area (Å²) in [6.45, 7) is 0. The van der Waals surface area contributed by atoms with Gasteiger partial charge in [0.1, 0.15) is 6.33 Å². The van der Waals surface area contributed by atoms with E-state index in [9.17, 15) is 0 Å². The van der Waals surface area contributed by atoms with E-state index >= 15 is 0 Å². The maximum atomic E-state index is 5.38. The van der Waals surface area contributed by atoms with Crippen molar-refractivity contribution in [2.24, 2.45) is 0 Å². The molecule has 20 heavy (non-hydrogen) atoms. The van der Waals surface area contributed by atoms with E-state index in [0.29, 0.717) is 11.8 Å². The first-order valence-electron chi connectivity index (χ1n) is 6.21. The van der Waals surface area contributed by atoms with Gasteiger partial charge in [-0.15, -0.1) is 0 Å². The van der Waals surface area contributed by atoms with Gasteiger partial charge < -0.3 is 9.47 Å². The number of benzene rings is 2. The molecule has 0 aliphatic heterocycles. The second-order valence-electron chi connectivity index (χ2n) is 4.52. The number of ether oxygens (including phenoxy) is 2. The van der Waals surface area contributed by atoms with Crippen LogP contribution in [0.5, 0.6) is 11.8 Å². The monoisotopic (exact) mass is 265 g/mol. The van der Waals surface area contributed by atoms with E-state index in [1.165, 1.54) is 0 Å². The summed E-state index contributed by atoms with van der Waals surface area (Å²) in [6.07, 6.45) is 1.58. The van der Waals surface area contributed by atoms with Crippen LogP contribution in [-0.4, -0.2) is 29.2 Å². The summed E-state index contributed by atoms with van der Waals surface area (Å²) in [5.41, 5.74) is 1.81. The van der Waals surface area contributed by atoms with Crippen LogP contribution in [0.2, 0.25) is 0 Å². The fourth-order valence-corrected chi connectivity index (χ4v) is 2.71. The molecule has 0 fully saturated rings. The molecule has 4 aromatic rings. The molecule has 0 saturated heterocycles. The fourth-order valence-electron chi connectivity index (χ4n) is 2.71. The second kappa shape index (κ2) is 3.90. The first kappa shape index (κ1) is 11.2. The Balaban J connectivity index is 2.37. The molecular weight excluding hydrogens is 254 g/mol. The molecule has 2 aromatic carbocycles. The van der Waals surface area contributed by atoms with Gasteiger partial charge >= 0.3 is 0 Å². The van der Waals surface area contributed by atoms with Crippen molar-refractivity contribution in [2.45, 2.75) is 0 Å². The summed E-state index contributed by atoms with van der Waals surface area (Å²) in [6, 6.07) is 7.87. The maximum Gasteiger partial charge on any atom is 0.224 e. The first-order chi connectivity index (χ1) is 9.83. The van der Waals surface area contributed by atoms with Crippen molar-refractivity contribution in [1.29, 1.82) is 0 Å². The van der Waals surface area contributed by atoms with Gasteiger partial charge in [0.05, 0.1) is 25.3 Å². The molecule has 2 heterocycles. The molecule has 0 aliphatic carbocycles. The summed E-state index contributed by atoms with van der Waals surface area (Å²) >= 11 is 0. The molecular formula is C15H11N3O2. The lowest BCUT2D eigenvalue weighted by atomic mass is 10.0. The smallest absolute Gasteiger partial charge is 0.224 e. The van der Waals surface area contributed by atoms with Gasteiger partial charge in [-0.3, -0.25) is 0 Å². The van der Waals surface area contributed by atoms with E-state index in [1.54, 1.807) is 20.5 Å². The largest absolute Gasteiger partial charge is 0.480 e. The molecule has 0 N–H and O–H groups in total. The highest BCUT2D eigenvalue weighted by molar-refractivity contribution is 6.23. The molecule has 0 amide bonds. The number of pyridine rings is 1. The predicted molar refractivity (Wildman–Crippen MR) is 76.6 cm³/mol. The number of rotatable bonds is 2. The summed E-state index contributed by atoms with van der Waals surface area (Å²) in [5, 5.41) is 3.93. The fraction of sp³-hybridized carbons (Fsp3) is 0.133. The molecule has 98 valence electrons. The Morgan fingerprint density at radius 1 is 0.750 bits per heavy atom. The quantitative estimate of drug-likeness (QED) is 0.522. The van der Waals surface area contributed by atoms with Crippen molar-refractivity contribution in [1.82, 2.24) is 15.0 Å². The lowest BCUT2D eigenvalue weighted by molar-refractivity contribution is 0.372. The van der Waals surface area contributed by atoms with Crippen molar-refractivity contribution < 1.29 is 9.47 Å². The Hall–Kier alpha value is -2.69. The van der Waals surface area contributed by atoms with Gasteiger partial charge in [-0.2, -0.15) is 4.98 Å². The van der Waals surface area contributed by atoms with Gasteiger partial charge in [-0.05, 0) is 24.3 Å². The molecule has 0 atom stereocenters. The second-order valence-corrected chi connectivity index (χ2v) is 4.52. The van der Waals surface area contributed by atoms with Gasteiger partial charge in [-0.25, -0.2) is 9.97 Å². The maximum absolute atomic E-state index is 5.38. The van der Waals surface area contributed by atoms with E-state index in [1.807, 2.05) is 24.3 Å². The van der Waals surface area contributed by atoms with Crippen molar-refractivity contribution in [3.8, 4) is 11.8 Å². The van der Waals surface area contributed by atoms with Crippen LogP contribution in [0.1, 0.15) is 0 Å². The zero-order valence-electron chi connectivity index (χ0n) is 11.0. The summed E-state index contributed by atoms with van der Waals surface area (Å²) < 4.78 is 10.8. The summed E-state index contributed by atoms with van der Waals surface area (Å²) in [4.78, 5) is 13.1. The summed E-state index contributed by atoms with van der Waals surface area (Å²) in [7, 11) is 3.21. The number of nitrogens with zero attached hydrogens (tertiary/aromatic N) is 3. The molecule has 0 saturated carbocycles. The highest BCUT2D eigenvalue weighted by Gasteiger charge is 2.17. The SMILES string of the molecule is COc1nc(OC)c2ccc3ncnc4ccc1c2c43. The van der Waals surface area contributed by atoms with Crippen molar-refractivity contribution >= 4 is 32.6 Å². The average Bonchev–Trinajstić information content (AvgIpc) is 2.52. The molecule has 0 aliphatic rings. The third-order valence-electron chi connectivity index (χ3n) is 3.56. The molecule has 2 aromatic heterocycles. The number of methoxy groups -OCH3 is 2. The highest BCUT2D eigenvalue weighted by Crippen LogP contribution is 2.39. The minimum absolute atomic E-state index is 0.549. The molecule has 0 radical (unpaired) electrons. The summed E-state index contributed by atoms with van der Waals surface area (Å²) in [5.74, 6) is 1.10. The lowest BCUT2D eigenvalue weighted by Crippen LogP contribution is -1.97. The van der Waals surface area contributed by atoms with Crippen molar-refractivity contribution in [2.75, 3.05) is 14.2 Å². The van der Waals surface area contributed by atoms with Crippen LogP contribution >= 0.6 is 0 Å². The zero-order chi connectivity index (χ0) is 13.7. The van der Waals surface area contributed by atoms with Gasteiger partial charge in [0, 0.05) is 21.5 Å². The Morgan fingerprint density at radius 3 is 1.80 bits per heavy atom. The van der Waals surface area contributed by atoms with E-state index in [-0.39, 0.29) is 0 Å². The number of hydrogen-bond acceptors (Lipinski definition) is 5. The average molecular weight is 265 g/mol. The standard InChI is InChI=1S/C15H11N3O2/c1-19-14-8-3-5-10-13-11(17-7-16-10)6-4-9(12(8)13)15(18-14)20-2/h3-7H,1-2H3. The minimum atomic E-state index is 0.549. The Morgan fingerprint density at radius 2 is 1.30 bits per heavy atom.